The zero-order chi connectivity index (χ0) is 23.4. The Bertz CT molecular complexity index is 1280. The third-order valence-electron chi connectivity index (χ3n) is 4.84. The van der Waals surface area contributed by atoms with E-state index in [-0.39, 0.29) is 30.1 Å². The zero-order valence-electron chi connectivity index (χ0n) is 18.5. The number of aromatic nitrogens is 2. The minimum atomic E-state index is -0.558. The van der Waals surface area contributed by atoms with Crippen LogP contribution in [-0.2, 0) is 9.47 Å². The topological polar surface area (TPSA) is 87.6 Å². The molecule has 0 saturated heterocycles. The number of nitrogens with zero attached hydrogens (tertiary/aromatic N) is 2. The van der Waals surface area contributed by atoms with Crippen LogP contribution in [0.3, 0.4) is 0 Å². The van der Waals surface area contributed by atoms with Crippen LogP contribution in [0, 0.1) is 6.92 Å². The Labute approximate surface area is 195 Å². The van der Waals surface area contributed by atoms with Crippen LogP contribution >= 0.6 is 11.3 Å². The monoisotopic (exact) mass is 462 g/mol. The summed E-state index contributed by atoms with van der Waals surface area (Å²) >= 11 is 1.49. The van der Waals surface area contributed by atoms with Crippen molar-refractivity contribution in [2.75, 3.05) is 13.2 Å². The first kappa shape index (κ1) is 22.4. The molecule has 4 rings (SSSR count). The number of hydrogen-bond acceptors (Lipinski definition) is 8. The molecule has 8 heteroatoms. The fourth-order valence-corrected chi connectivity index (χ4v) is 4.21. The van der Waals surface area contributed by atoms with Crippen LogP contribution in [0.2, 0.25) is 0 Å². The lowest BCUT2D eigenvalue weighted by Crippen LogP contribution is -2.09. The second kappa shape index (κ2) is 9.79. The van der Waals surface area contributed by atoms with E-state index in [1.807, 2.05) is 36.6 Å². The number of benzene rings is 2. The number of carbonyl (C=O) groups is 2. The minimum Gasteiger partial charge on any atom is -0.462 e. The molecule has 0 aliphatic carbocycles. The lowest BCUT2D eigenvalue weighted by atomic mass is 10.0. The van der Waals surface area contributed by atoms with Gasteiger partial charge in [0.05, 0.1) is 29.7 Å². The van der Waals surface area contributed by atoms with Gasteiger partial charge in [0.25, 0.3) is 0 Å². The first-order chi connectivity index (χ1) is 16.0. The summed E-state index contributed by atoms with van der Waals surface area (Å²) in [6, 6.07) is 12.6. The quantitative estimate of drug-likeness (QED) is 0.320. The molecule has 33 heavy (non-hydrogen) atoms. The molecule has 0 aliphatic rings. The molecular weight excluding hydrogens is 440 g/mol. The molecule has 168 valence electrons. The highest BCUT2D eigenvalue weighted by atomic mass is 32.1. The van der Waals surface area contributed by atoms with E-state index in [0.29, 0.717) is 5.88 Å². The van der Waals surface area contributed by atoms with Crippen molar-refractivity contribution in [2.45, 2.75) is 20.8 Å². The largest absolute Gasteiger partial charge is 0.462 e. The molecule has 2 aromatic heterocycles. The van der Waals surface area contributed by atoms with Gasteiger partial charge in [-0.25, -0.2) is 19.6 Å². The SMILES string of the molecule is CCOC(=O)c1cc(Oc2ncnc3scc(-c4ccc(C)cc4)c23)cc(C(=O)OCC)c1. The van der Waals surface area contributed by atoms with Crippen molar-refractivity contribution in [3.63, 3.8) is 0 Å². The summed E-state index contributed by atoms with van der Waals surface area (Å²) in [7, 11) is 0. The van der Waals surface area contributed by atoms with E-state index in [2.05, 4.69) is 9.97 Å². The summed E-state index contributed by atoms with van der Waals surface area (Å²) in [6.07, 6.45) is 1.43. The van der Waals surface area contributed by atoms with Crippen molar-refractivity contribution in [1.29, 1.82) is 0 Å². The van der Waals surface area contributed by atoms with Crippen LogP contribution in [0.15, 0.2) is 54.2 Å². The summed E-state index contributed by atoms with van der Waals surface area (Å²) in [5.74, 6) is -0.522. The van der Waals surface area contributed by atoms with Gasteiger partial charge in [0.15, 0.2) is 0 Å². The molecule has 0 aliphatic heterocycles. The Balaban J connectivity index is 1.79. The van der Waals surface area contributed by atoms with Crippen LogP contribution < -0.4 is 4.74 Å². The van der Waals surface area contributed by atoms with Crippen LogP contribution in [0.4, 0.5) is 0 Å². The summed E-state index contributed by atoms with van der Waals surface area (Å²) in [6.45, 7) is 5.88. The third-order valence-corrected chi connectivity index (χ3v) is 5.73. The molecule has 0 saturated carbocycles. The van der Waals surface area contributed by atoms with Crippen molar-refractivity contribution in [2.24, 2.45) is 0 Å². The number of carbonyl (C=O) groups excluding carboxylic acids is 2. The Morgan fingerprint density at radius 3 is 2.15 bits per heavy atom. The third kappa shape index (κ3) is 4.85. The molecule has 2 aromatic carbocycles. The van der Waals surface area contributed by atoms with E-state index in [0.717, 1.165) is 26.9 Å². The lowest BCUT2D eigenvalue weighted by molar-refractivity contribution is 0.0524. The van der Waals surface area contributed by atoms with E-state index in [4.69, 9.17) is 14.2 Å². The van der Waals surface area contributed by atoms with Crippen molar-refractivity contribution < 1.29 is 23.8 Å². The van der Waals surface area contributed by atoms with E-state index < -0.39 is 11.9 Å². The fraction of sp³-hybridized carbons (Fsp3) is 0.200. The van der Waals surface area contributed by atoms with Crippen LogP contribution in [0.1, 0.15) is 40.1 Å². The normalized spacial score (nSPS) is 10.8. The van der Waals surface area contributed by atoms with Crippen molar-refractivity contribution >= 4 is 33.5 Å². The number of aryl methyl sites for hydroxylation is 1. The number of ether oxygens (including phenoxy) is 3. The molecule has 2 heterocycles. The van der Waals surface area contributed by atoms with E-state index in [1.165, 1.54) is 35.9 Å². The molecular formula is C25H22N2O5S. The van der Waals surface area contributed by atoms with Gasteiger partial charge in [-0.1, -0.05) is 29.8 Å². The molecule has 0 amide bonds. The van der Waals surface area contributed by atoms with Crippen molar-refractivity contribution in [1.82, 2.24) is 9.97 Å². The highest BCUT2D eigenvalue weighted by Crippen LogP contribution is 2.39. The maximum Gasteiger partial charge on any atom is 0.338 e. The number of hydrogen-bond donors (Lipinski definition) is 0. The molecule has 0 spiro atoms. The Kier molecular flexibility index (Phi) is 6.65. The summed E-state index contributed by atoms with van der Waals surface area (Å²) in [5.41, 5.74) is 3.49. The first-order valence-electron chi connectivity index (χ1n) is 10.5. The van der Waals surface area contributed by atoms with Gasteiger partial charge < -0.3 is 14.2 Å². The second-order valence-electron chi connectivity index (χ2n) is 7.16. The van der Waals surface area contributed by atoms with Gasteiger partial charge in [-0.2, -0.15) is 0 Å². The molecule has 0 fully saturated rings. The van der Waals surface area contributed by atoms with Crippen LogP contribution in [0.25, 0.3) is 21.3 Å². The number of esters is 2. The first-order valence-corrected chi connectivity index (χ1v) is 11.3. The van der Waals surface area contributed by atoms with Crippen molar-refractivity contribution in [3.05, 3.63) is 70.9 Å². The fourth-order valence-electron chi connectivity index (χ4n) is 3.30. The van der Waals surface area contributed by atoms with Gasteiger partial charge in [-0.3, -0.25) is 0 Å². The molecule has 0 atom stereocenters. The predicted molar refractivity (Wildman–Crippen MR) is 126 cm³/mol. The number of fused-ring (bicyclic) bond motifs is 1. The molecule has 0 bridgehead atoms. The van der Waals surface area contributed by atoms with Gasteiger partial charge in [-0.15, -0.1) is 11.3 Å². The van der Waals surface area contributed by atoms with Crippen LogP contribution in [0.5, 0.6) is 11.6 Å². The molecule has 0 unspecified atom stereocenters. The summed E-state index contributed by atoms with van der Waals surface area (Å²) < 4.78 is 16.3. The Hall–Kier alpha value is -3.78. The average molecular weight is 463 g/mol. The molecule has 0 radical (unpaired) electrons. The van der Waals surface area contributed by atoms with Gasteiger partial charge >= 0.3 is 11.9 Å². The maximum atomic E-state index is 12.4. The Morgan fingerprint density at radius 2 is 1.55 bits per heavy atom. The standard InChI is InChI=1S/C25H22N2O5S/c1-4-30-24(28)17-10-18(25(29)31-5-2)12-19(11-17)32-22-21-20(13-33-23(21)27-14-26-22)16-8-6-15(3)7-9-16/h6-14H,4-5H2,1-3H3. The van der Waals surface area contributed by atoms with E-state index >= 15 is 0 Å². The van der Waals surface area contributed by atoms with Gasteiger partial charge in [0.1, 0.15) is 16.9 Å². The highest BCUT2D eigenvalue weighted by molar-refractivity contribution is 7.17. The highest BCUT2D eigenvalue weighted by Gasteiger charge is 2.19. The molecule has 0 N–H and O–H groups in total. The minimum absolute atomic E-state index is 0.187. The lowest BCUT2D eigenvalue weighted by Gasteiger charge is -2.11. The van der Waals surface area contributed by atoms with Crippen molar-refractivity contribution in [3.8, 4) is 22.8 Å². The predicted octanol–water partition coefficient (Wildman–Crippen LogP) is 5.81. The van der Waals surface area contributed by atoms with E-state index in [1.54, 1.807) is 13.8 Å². The Morgan fingerprint density at radius 1 is 0.909 bits per heavy atom. The molecule has 4 aromatic rings. The smallest absolute Gasteiger partial charge is 0.338 e. The number of rotatable bonds is 7. The van der Waals surface area contributed by atoms with Gasteiger partial charge in [-0.05, 0) is 44.5 Å². The zero-order valence-corrected chi connectivity index (χ0v) is 19.3. The summed E-state index contributed by atoms with van der Waals surface area (Å²) in [5, 5.41) is 2.77. The average Bonchev–Trinajstić information content (AvgIpc) is 3.25. The van der Waals surface area contributed by atoms with Crippen LogP contribution in [-0.4, -0.2) is 35.1 Å². The van der Waals surface area contributed by atoms with Gasteiger partial charge in [0, 0.05) is 10.9 Å². The second-order valence-corrected chi connectivity index (χ2v) is 8.02. The maximum absolute atomic E-state index is 12.4. The van der Waals surface area contributed by atoms with Gasteiger partial charge in [0.2, 0.25) is 5.88 Å². The van der Waals surface area contributed by atoms with E-state index in [9.17, 15) is 9.59 Å². The molecule has 7 nitrogen and oxygen atoms in total. The number of thiophene rings is 1. The summed E-state index contributed by atoms with van der Waals surface area (Å²) in [4.78, 5) is 34.2.